The topological polar surface area (TPSA) is 58.6 Å². The third kappa shape index (κ3) is 3.50. The number of anilines is 1. The highest BCUT2D eigenvalue weighted by Gasteiger charge is 2.10. The van der Waals surface area contributed by atoms with E-state index < -0.39 is 5.97 Å². The predicted molar refractivity (Wildman–Crippen MR) is 66.1 cm³/mol. The van der Waals surface area contributed by atoms with Crippen LogP contribution in [-0.2, 0) is 4.74 Å². The van der Waals surface area contributed by atoms with Gasteiger partial charge < -0.3 is 15.2 Å². The van der Waals surface area contributed by atoms with Crippen molar-refractivity contribution in [2.45, 2.75) is 13.0 Å². The molecule has 0 aliphatic carbocycles. The molecule has 0 aliphatic rings. The number of rotatable bonds is 5. The van der Waals surface area contributed by atoms with Crippen LogP contribution in [0.4, 0.5) is 5.69 Å². The van der Waals surface area contributed by atoms with E-state index in [1.54, 1.807) is 25.3 Å². The number of hydrogen-bond acceptors (Lipinski definition) is 3. The normalized spacial score (nSPS) is 12.2. The van der Waals surface area contributed by atoms with Gasteiger partial charge in [-0.1, -0.05) is 15.9 Å². The summed E-state index contributed by atoms with van der Waals surface area (Å²) in [6.07, 6.45) is 0.0327. The lowest BCUT2D eigenvalue weighted by atomic mass is 10.2. The van der Waals surface area contributed by atoms with E-state index in [0.717, 1.165) is 4.47 Å². The van der Waals surface area contributed by atoms with Crippen LogP contribution in [0.15, 0.2) is 22.7 Å². The summed E-state index contributed by atoms with van der Waals surface area (Å²) < 4.78 is 5.82. The Morgan fingerprint density at radius 3 is 2.88 bits per heavy atom. The molecule has 5 heteroatoms. The number of hydrogen-bond donors (Lipinski definition) is 2. The number of ether oxygens (including phenoxy) is 1. The fraction of sp³-hybridized carbons (Fsp3) is 0.364. The Balaban J connectivity index is 2.82. The number of carboxylic acid groups (broad SMARTS) is 1. The number of carbonyl (C=O) groups is 1. The Morgan fingerprint density at radius 1 is 1.62 bits per heavy atom. The van der Waals surface area contributed by atoms with Crippen molar-refractivity contribution in [2.24, 2.45) is 0 Å². The third-order valence-electron chi connectivity index (χ3n) is 2.19. The van der Waals surface area contributed by atoms with Crippen molar-refractivity contribution in [3.8, 4) is 0 Å². The van der Waals surface area contributed by atoms with Gasteiger partial charge in [-0.25, -0.2) is 4.79 Å². The van der Waals surface area contributed by atoms with Crippen LogP contribution in [0.25, 0.3) is 0 Å². The quantitative estimate of drug-likeness (QED) is 0.874. The smallest absolute Gasteiger partial charge is 0.337 e. The van der Waals surface area contributed by atoms with Crippen LogP contribution in [0.5, 0.6) is 0 Å². The fourth-order valence-corrected chi connectivity index (χ4v) is 1.55. The van der Waals surface area contributed by atoms with Crippen LogP contribution in [-0.4, -0.2) is 30.8 Å². The minimum Gasteiger partial charge on any atom is -0.478 e. The van der Waals surface area contributed by atoms with Crippen LogP contribution in [0.3, 0.4) is 0 Å². The van der Waals surface area contributed by atoms with Gasteiger partial charge in [-0.15, -0.1) is 0 Å². The number of methoxy groups -OCH3 is 1. The molecule has 2 N–H and O–H groups in total. The van der Waals surface area contributed by atoms with E-state index >= 15 is 0 Å². The van der Waals surface area contributed by atoms with Gasteiger partial charge in [0.1, 0.15) is 0 Å². The van der Waals surface area contributed by atoms with Gasteiger partial charge in [0.25, 0.3) is 0 Å². The largest absolute Gasteiger partial charge is 0.478 e. The van der Waals surface area contributed by atoms with Gasteiger partial charge in [0.2, 0.25) is 0 Å². The Labute approximate surface area is 103 Å². The van der Waals surface area contributed by atoms with Crippen LogP contribution < -0.4 is 5.32 Å². The number of halogens is 1. The maximum absolute atomic E-state index is 11.0. The molecule has 0 spiro atoms. The van der Waals surface area contributed by atoms with Crippen molar-refractivity contribution in [3.05, 3.63) is 28.2 Å². The van der Waals surface area contributed by atoms with Gasteiger partial charge >= 0.3 is 5.97 Å². The van der Waals surface area contributed by atoms with Gasteiger partial charge in [0.15, 0.2) is 0 Å². The first-order chi connectivity index (χ1) is 7.54. The van der Waals surface area contributed by atoms with Crippen molar-refractivity contribution < 1.29 is 14.6 Å². The van der Waals surface area contributed by atoms with E-state index in [4.69, 9.17) is 9.84 Å². The van der Waals surface area contributed by atoms with Gasteiger partial charge in [0, 0.05) is 23.8 Å². The molecule has 0 saturated heterocycles. The minimum absolute atomic E-state index is 0.0327. The second-order valence-electron chi connectivity index (χ2n) is 3.42. The van der Waals surface area contributed by atoms with E-state index in [1.165, 1.54) is 0 Å². The lowest BCUT2D eigenvalue weighted by Crippen LogP contribution is -2.19. The minimum atomic E-state index is -0.950. The molecule has 1 aromatic carbocycles. The van der Waals surface area contributed by atoms with E-state index in [9.17, 15) is 4.79 Å². The van der Waals surface area contributed by atoms with Crippen LogP contribution in [0.1, 0.15) is 17.3 Å². The second kappa shape index (κ2) is 5.86. The molecule has 88 valence electrons. The summed E-state index contributed by atoms with van der Waals surface area (Å²) >= 11 is 3.24. The highest BCUT2D eigenvalue weighted by atomic mass is 79.9. The summed E-state index contributed by atoms with van der Waals surface area (Å²) in [6.45, 7) is 2.48. The SMILES string of the molecule is COC(C)CNc1ccc(Br)cc1C(=O)O. The van der Waals surface area contributed by atoms with Gasteiger partial charge in [-0.05, 0) is 25.1 Å². The molecule has 0 aromatic heterocycles. The highest BCUT2D eigenvalue weighted by molar-refractivity contribution is 9.10. The third-order valence-corrected chi connectivity index (χ3v) is 2.69. The van der Waals surface area contributed by atoms with E-state index in [0.29, 0.717) is 12.2 Å². The Bertz CT molecular complexity index is 381. The van der Waals surface area contributed by atoms with Gasteiger partial charge in [-0.3, -0.25) is 0 Å². The van der Waals surface area contributed by atoms with E-state index in [-0.39, 0.29) is 11.7 Å². The summed E-state index contributed by atoms with van der Waals surface area (Å²) in [4.78, 5) is 11.0. The molecular formula is C11H14BrNO3. The standard InChI is InChI=1S/C11H14BrNO3/c1-7(16-2)6-13-10-4-3-8(12)5-9(10)11(14)15/h3-5,7,13H,6H2,1-2H3,(H,14,15). The van der Waals surface area contributed by atoms with E-state index in [1.807, 2.05) is 6.92 Å². The van der Waals surface area contributed by atoms with Crippen molar-refractivity contribution in [1.82, 2.24) is 0 Å². The van der Waals surface area contributed by atoms with Gasteiger partial charge in [0.05, 0.1) is 11.7 Å². The van der Waals surface area contributed by atoms with E-state index in [2.05, 4.69) is 21.2 Å². The summed E-state index contributed by atoms with van der Waals surface area (Å²) in [5.74, 6) is -0.950. The zero-order chi connectivity index (χ0) is 12.1. The van der Waals surface area contributed by atoms with Crippen molar-refractivity contribution in [3.63, 3.8) is 0 Å². The number of benzene rings is 1. The molecule has 0 bridgehead atoms. The molecule has 4 nitrogen and oxygen atoms in total. The molecule has 0 heterocycles. The van der Waals surface area contributed by atoms with Gasteiger partial charge in [-0.2, -0.15) is 0 Å². The molecule has 0 aliphatic heterocycles. The zero-order valence-electron chi connectivity index (χ0n) is 9.16. The predicted octanol–water partition coefficient (Wildman–Crippen LogP) is 2.59. The molecule has 0 fully saturated rings. The Kier molecular flexibility index (Phi) is 4.76. The zero-order valence-corrected chi connectivity index (χ0v) is 10.7. The lowest BCUT2D eigenvalue weighted by Gasteiger charge is -2.13. The average molecular weight is 288 g/mol. The molecule has 1 atom stereocenters. The first-order valence-corrected chi connectivity index (χ1v) is 5.63. The molecule has 0 radical (unpaired) electrons. The summed E-state index contributed by atoms with van der Waals surface area (Å²) in [6, 6.07) is 5.10. The lowest BCUT2D eigenvalue weighted by molar-refractivity contribution is 0.0697. The molecule has 1 rings (SSSR count). The molecule has 0 amide bonds. The molecule has 0 saturated carbocycles. The number of nitrogens with one attached hydrogen (secondary N) is 1. The maximum atomic E-state index is 11.0. The summed E-state index contributed by atoms with van der Waals surface area (Å²) in [5, 5.41) is 12.1. The summed E-state index contributed by atoms with van der Waals surface area (Å²) in [5.41, 5.74) is 0.845. The fourth-order valence-electron chi connectivity index (χ4n) is 1.18. The highest BCUT2D eigenvalue weighted by Crippen LogP contribution is 2.21. The Morgan fingerprint density at radius 2 is 2.31 bits per heavy atom. The van der Waals surface area contributed by atoms with Crippen LogP contribution in [0, 0.1) is 0 Å². The number of aromatic carboxylic acids is 1. The first-order valence-electron chi connectivity index (χ1n) is 4.84. The first kappa shape index (κ1) is 13.0. The molecule has 1 unspecified atom stereocenters. The van der Waals surface area contributed by atoms with Crippen LogP contribution in [0.2, 0.25) is 0 Å². The van der Waals surface area contributed by atoms with Crippen molar-refractivity contribution in [1.29, 1.82) is 0 Å². The van der Waals surface area contributed by atoms with Crippen molar-refractivity contribution >= 4 is 27.6 Å². The Hall–Kier alpha value is -1.07. The van der Waals surface area contributed by atoms with Crippen molar-refractivity contribution in [2.75, 3.05) is 19.0 Å². The summed E-state index contributed by atoms with van der Waals surface area (Å²) in [7, 11) is 1.62. The molecule has 1 aromatic rings. The number of carboxylic acids is 1. The second-order valence-corrected chi connectivity index (χ2v) is 4.34. The average Bonchev–Trinajstić information content (AvgIpc) is 2.26. The maximum Gasteiger partial charge on any atom is 0.337 e. The monoisotopic (exact) mass is 287 g/mol. The molecular weight excluding hydrogens is 274 g/mol. The van der Waals surface area contributed by atoms with Crippen LogP contribution >= 0.6 is 15.9 Å². The molecule has 16 heavy (non-hydrogen) atoms.